The molecule has 0 aromatic rings. The van der Waals surface area contributed by atoms with Crippen molar-refractivity contribution >= 4 is 0 Å². The van der Waals surface area contributed by atoms with Crippen LogP contribution in [0.3, 0.4) is 0 Å². The van der Waals surface area contributed by atoms with E-state index < -0.39 is 0 Å². The molecule has 118 valence electrons. The molecule has 1 N–H and O–H groups in total. The molecule has 2 fully saturated rings. The maximum atomic E-state index is 5.97. The summed E-state index contributed by atoms with van der Waals surface area (Å²) in [5.41, 5.74) is 0.422. The van der Waals surface area contributed by atoms with Gasteiger partial charge in [-0.1, -0.05) is 26.2 Å². The summed E-state index contributed by atoms with van der Waals surface area (Å²) in [5.74, 6) is 0. The number of hydrogen-bond donors (Lipinski definition) is 1. The van der Waals surface area contributed by atoms with Crippen LogP contribution in [0.4, 0.5) is 0 Å². The van der Waals surface area contributed by atoms with Gasteiger partial charge in [-0.15, -0.1) is 0 Å². The van der Waals surface area contributed by atoms with Crippen molar-refractivity contribution in [1.29, 1.82) is 0 Å². The van der Waals surface area contributed by atoms with Crippen LogP contribution in [0.15, 0.2) is 0 Å². The lowest BCUT2D eigenvalue weighted by atomic mass is 9.90. The fourth-order valence-electron chi connectivity index (χ4n) is 3.83. The Labute approximate surface area is 125 Å². The first-order valence-corrected chi connectivity index (χ1v) is 8.58. The van der Waals surface area contributed by atoms with E-state index in [1.54, 1.807) is 0 Å². The molecule has 1 heterocycles. The molecule has 1 unspecified atom stereocenters. The minimum absolute atomic E-state index is 0.0142. The molecular formula is C17H34N2O. The lowest BCUT2D eigenvalue weighted by Gasteiger charge is -2.48. The smallest absolute Gasteiger partial charge is 0.0600 e. The van der Waals surface area contributed by atoms with Gasteiger partial charge in [-0.2, -0.15) is 0 Å². The van der Waals surface area contributed by atoms with Crippen molar-refractivity contribution in [3.05, 3.63) is 0 Å². The van der Waals surface area contributed by atoms with Gasteiger partial charge in [-0.25, -0.2) is 0 Å². The van der Waals surface area contributed by atoms with Crippen molar-refractivity contribution in [3.8, 4) is 0 Å². The molecule has 3 heteroatoms. The third-order valence-electron chi connectivity index (χ3n) is 4.90. The van der Waals surface area contributed by atoms with E-state index >= 15 is 0 Å². The minimum Gasteiger partial charge on any atom is -0.375 e. The number of hydrogen-bond acceptors (Lipinski definition) is 3. The molecular weight excluding hydrogens is 248 g/mol. The van der Waals surface area contributed by atoms with Gasteiger partial charge in [-0.3, -0.25) is 4.90 Å². The zero-order valence-electron chi connectivity index (χ0n) is 14.0. The molecule has 0 radical (unpaired) electrons. The van der Waals surface area contributed by atoms with Gasteiger partial charge >= 0.3 is 0 Å². The Morgan fingerprint density at radius 3 is 2.55 bits per heavy atom. The number of ether oxygens (including phenoxy) is 1. The van der Waals surface area contributed by atoms with Crippen LogP contribution in [0, 0.1) is 0 Å². The normalized spacial score (nSPS) is 27.3. The molecule has 20 heavy (non-hydrogen) atoms. The molecule has 0 aromatic carbocycles. The van der Waals surface area contributed by atoms with Crippen molar-refractivity contribution in [3.63, 3.8) is 0 Å². The Bertz CT molecular complexity index is 292. The van der Waals surface area contributed by atoms with Gasteiger partial charge in [0, 0.05) is 31.2 Å². The summed E-state index contributed by atoms with van der Waals surface area (Å²) < 4.78 is 5.97. The van der Waals surface area contributed by atoms with Crippen molar-refractivity contribution < 1.29 is 4.74 Å². The molecule has 0 amide bonds. The average Bonchev–Trinajstić information content (AvgIpc) is 2.82. The van der Waals surface area contributed by atoms with E-state index in [9.17, 15) is 0 Å². The van der Waals surface area contributed by atoms with Crippen LogP contribution in [0.2, 0.25) is 0 Å². The third-order valence-corrected chi connectivity index (χ3v) is 4.90. The van der Waals surface area contributed by atoms with E-state index in [0.717, 1.165) is 13.2 Å². The number of piperazine rings is 1. The van der Waals surface area contributed by atoms with Crippen molar-refractivity contribution in [2.45, 2.75) is 83.4 Å². The third kappa shape index (κ3) is 4.19. The Kier molecular flexibility index (Phi) is 5.49. The SMILES string of the molecule is CCCC1CN(CCOC(C)(C)C)C2(CCCC2)CN1. The zero-order valence-corrected chi connectivity index (χ0v) is 14.0. The second-order valence-corrected chi connectivity index (χ2v) is 7.70. The molecule has 1 saturated heterocycles. The lowest BCUT2D eigenvalue weighted by Crippen LogP contribution is -2.64. The highest BCUT2D eigenvalue weighted by atomic mass is 16.5. The number of nitrogens with zero attached hydrogens (tertiary/aromatic N) is 1. The first kappa shape index (κ1) is 16.3. The summed E-state index contributed by atoms with van der Waals surface area (Å²) in [6.45, 7) is 13.1. The Morgan fingerprint density at radius 1 is 1.25 bits per heavy atom. The molecule has 0 bridgehead atoms. The van der Waals surface area contributed by atoms with Gasteiger partial charge in [0.05, 0.1) is 12.2 Å². The fourth-order valence-corrected chi connectivity index (χ4v) is 3.83. The minimum atomic E-state index is -0.0142. The average molecular weight is 282 g/mol. The maximum absolute atomic E-state index is 5.97. The Hall–Kier alpha value is -0.120. The standard InChI is InChI=1S/C17H34N2O/c1-5-8-15-13-19(11-12-20-16(2,3)4)17(14-18-15)9-6-7-10-17/h15,18H,5-14H2,1-4H3. The summed E-state index contributed by atoms with van der Waals surface area (Å²) >= 11 is 0. The zero-order chi connectivity index (χ0) is 14.6. The van der Waals surface area contributed by atoms with Gasteiger partial charge in [0.15, 0.2) is 0 Å². The monoisotopic (exact) mass is 282 g/mol. The second-order valence-electron chi connectivity index (χ2n) is 7.70. The summed E-state index contributed by atoms with van der Waals surface area (Å²) in [5, 5.41) is 3.81. The largest absolute Gasteiger partial charge is 0.375 e. The lowest BCUT2D eigenvalue weighted by molar-refractivity contribution is -0.0391. The van der Waals surface area contributed by atoms with Crippen LogP contribution in [0.1, 0.15) is 66.2 Å². The maximum Gasteiger partial charge on any atom is 0.0600 e. The van der Waals surface area contributed by atoms with Crippen LogP contribution < -0.4 is 5.32 Å². The van der Waals surface area contributed by atoms with Crippen LogP contribution >= 0.6 is 0 Å². The first-order valence-electron chi connectivity index (χ1n) is 8.58. The molecule has 2 rings (SSSR count). The molecule has 1 atom stereocenters. The highest BCUT2D eigenvalue weighted by Gasteiger charge is 2.42. The van der Waals surface area contributed by atoms with E-state index in [1.165, 1.54) is 51.6 Å². The van der Waals surface area contributed by atoms with Crippen molar-refractivity contribution in [2.75, 3.05) is 26.2 Å². The summed E-state index contributed by atoms with van der Waals surface area (Å²) in [4.78, 5) is 2.75. The fraction of sp³-hybridized carbons (Fsp3) is 1.00. The quantitative estimate of drug-likeness (QED) is 0.838. The number of nitrogens with one attached hydrogen (secondary N) is 1. The Balaban J connectivity index is 1.91. The van der Waals surface area contributed by atoms with Gasteiger partial charge < -0.3 is 10.1 Å². The predicted molar refractivity (Wildman–Crippen MR) is 85.2 cm³/mol. The molecule has 1 spiro atoms. The van der Waals surface area contributed by atoms with Crippen LogP contribution in [-0.4, -0.2) is 48.3 Å². The van der Waals surface area contributed by atoms with Gasteiger partial charge in [0.25, 0.3) is 0 Å². The van der Waals surface area contributed by atoms with Crippen molar-refractivity contribution in [1.82, 2.24) is 10.2 Å². The van der Waals surface area contributed by atoms with Crippen molar-refractivity contribution in [2.24, 2.45) is 0 Å². The summed E-state index contributed by atoms with van der Waals surface area (Å²) in [6.07, 6.45) is 8.11. The van der Waals surface area contributed by atoms with Gasteiger partial charge in [-0.05, 0) is 40.0 Å². The second kappa shape index (κ2) is 6.76. The van der Waals surface area contributed by atoms with Crippen LogP contribution in [0.5, 0.6) is 0 Å². The highest BCUT2D eigenvalue weighted by molar-refractivity contribution is 5.01. The van der Waals surface area contributed by atoms with Crippen LogP contribution in [0.25, 0.3) is 0 Å². The Morgan fingerprint density at radius 2 is 1.95 bits per heavy atom. The summed E-state index contributed by atoms with van der Waals surface area (Å²) in [6, 6.07) is 0.681. The number of rotatable bonds is 5. The van der Waals surface area contributed by atoms with Crippen LogP contribution in [-0.2, 0) is 4.74 Å². The van der Waals surface area contributed by atoms with E-state index in [2.05, 4.69) is 37.9 Å². The molecule has 1 saturated carbocycles. The van der Waals surface area contributed by atoms with Gasteiger partial charge in [0.1, 0.15) is 0 Å². The van der Waals surface area contributed by atoms with E-state index in [-0.39, 0.29) is 5.60 Å². The predicted octanol–water partition coefficient (Wildman–Crippen LogP) is 3.19. The molecule has 2 aliphatic rings. The van der Waals surface area contributed by atoms with E-state index in [0.29, 0.717) is 11.6 Å². The van der Waals surface area contributed by atoms with E-state index in [1.807, 2.05) is 0 Å². The first-order chi connectivity index (χ1) is 9.45. The topological polar surface area (TPSA) is 24.5 Å². The molecule has 1 aliphatic heterocycles. The van der Waals surface area contributed by atoms with Gasteiger partial charge in [0.2, 0.25) is 0 Å². The molecule has 3 nitrogen and oxygen atoms in total. The van der Waals surface area contributed by atoms with E-state index in [4.69, 9.17) is 4.74 Å². The molecule has 1 aliphatic carbocycles. The summed E-state index contributed by atoms with van der Waals surface area (Å²) in [7, 11) is 0. The highest BCUT2D eigenvalue weighted by Crippen LogP contribution is 2.37. The molecule has 0 aromatic heterocycles.